The Morgan fingerprint density at radius 1 is 1.22 bits per heavy atom. The lowest BCUT2D eigenvalue weighted by molar-refractivity contribution is 0.0476. The predicted molar refractivity (Wildman–Crippen MR) is 68.7 cm³/mol. The van der Waals surface area contributed by atoms with Gasteiger partial charge in [-0.15, -0.1) is 0 Å². The fourth-order valence-corrected chi connectivity index (χ4v) is 1.53. The zero-order valence-corrected chi connectivity index (χ0v) is 11.9. The first-order chi connectivity index (χ1) is 8.31. The van der Waals surface area contributed by atoms with Gasteiger partial charge >= 0.3 is 0 Å². The predicted octanol–water partition coefficient (Wildman–Crippen LogP) is 2.21. The van der Waals surface area contributed by atoms with Crippen molar-refractivity contribution >= 4 is 0 Å². The van der Waals surface area contributed by atoms with Crippen LogP contribution in [0.25, 0.3) is 0 Å². The smallest absolute Gasteiger partial charge is 0.241 e. The molecular formula is C13H22N2O3. The van der Waals surface area contributed by atoms with Gasteiger partial charge in [-0.25, -0.2) is 4.98 Å². The fourth-order valence-electron chi connectivity index (χ4n) is 1.53. The third-order valence-electron chi connectivity index (χ3n) is 3.27. The van der Waals surface area contributed by atoms with E-state index in [4.69, 9.17) is 9.47 Å². The number of methoxy groups -OCH3 is 2. The van der Waals surface area contributed by atoms with Gasteiger partial charge in [0.2, 0.25) is 11.8 Å². The average molecular weight is 254 g/mol. The van der Waals surface area contributed by atoms with Crippen LogP contribution < -0.4 is 9.47 Å². The summed E-state index contributed by atoms with van der Waals surface area (Å²) in [6, 6.07) is 0. The standard InChI is InChI=1S/C13H22N2O3/c1-8(13(2,3)4)11(16)10-12(18-6)15-9(17-5)7-14-10/h7-8,11,16H,1-6H3. The molecule has 0 saturated carbocycles. The first kappa shape index (κ1) is 14.7. The number of aromatic nitrogens is 2. The molecule has 0 spiro atoms. The molecule has 1 N–H and O–H groups in total. The van der Waals surface area contributed by atoms with Gasteiger partial charge in [-0.05, 0) is 11.3 Å². The van der Waals surface area contributed by atoms with Crippen LogP contribution in [-0.4, -0.2) is 29.3 Å². The highest BCUT2D eigenvalue weighted by Crippen LogP contribution is 2.37. The summed E-state index contributed by atoms with van der Waals surface area (Å²) >= 11 is 0. The SMILES string of the molecule is COc1cnc(C(O)C(C)C(C)(C)C)c(OC)n1. The lowest BCUT2D eigenvalue weighted by atomic mass is 9.78. The summed E-state index contributed by atoms with van der Waals surface area (Å²) in [6.07, 6.45) is 0.759. The zero-order valence-electron chi connectivity index (χ0n) is 11.9. The molecule has 1 rings (SSSR count). The van der Waals surface area contributed by atoms with Gasteiger partial charge < -0.3 is 14.6 Å². The van der Waals surface area contributed by atoms with Crippen molar-refractivity contribution in [3.05, 3.63) is 11.9 Å². The van der Waals surface area contributed by atoms with Crippen molar-refractivity contribution in [2.75, 3.05) is 14.2 Å². The van der Waals surface area contributed by atoms with Gasteiger partial charge in [0.15, 0.2) is 0 Å². The van der Waals surface area contributed by atoms with Gasteiger partial charge in [-0.3, -0.25) is 0 Å². The monoisotopic (exact) mass is 254 g/mol. The van der Waals surface area contributed by atoms with E-state index in [2.05, 4.69) is 30.7 Å². The molecule has 0 aliphatic carbocycles. The van der Waals surface area contributed by atoms with E-state index < -0.39 is 6.10 Å². The Balaban J connectivity index is 3.09. The Morgan fingerprint density at radius 2 is 1.83 bits per heavy atom. The molecule has 1 aromatic heterocycles. The van der Waals surface area contributed by atoms with Crippen LogP contribution in [0.1, 0.15) is 39.5 Å². The maximum Gasteiger partial charge on any atom is 0.241 e. The molecule has 0 aliphatic rings. The Hall–Kier alpha value is -1.36. The zero-order chi connectivity index (χ0) is 13.9. The molecule has 102 valence electrons. The van der Waals surface area contributed by atoms with Crippen molar-refractivity contribution in [3.63, 3.8) is 0 Å². The molecule has 2 unspecified atom stereocenters. The molecule has 0 fully saturated rings. The lowest BCUT2D eigenvalue weighted by Gasteiger charge is -2.31. The van der Waals surface area contributed by atoms with Gasteiger partial charge in [0.05, 0.1) is 20.4 Å². The number of aliphatic hydroxyl groups is 1. The quantitative estimate of drug-likeness (QED) is 0.892. The second-order valence-corrected chi connectivity index (χ2v) is 5.41. The van der Waals surface area contributed by atoms with Crippen LogP contribution >= 0.6 is 0 Å². The molecule has 0 amide bonds. The van der Waals surface area contributed by atoms with Crippen LogP contribution in [0.3, 0.4) is 0 Å². The molecule has 1 aromatic rings. The van der Waals surface area contributed by atoms with Crippen LogP contribution in [0.5, 0.6) is 11.8 Å². The summed E-state index contributed by atoms with van der Waals surface area (Å²) in [4.78, 5) is 8.32. The molecule has 0 radical (unpaired) electrons. The third-order valence-corrected chi connectivity index (χ3v) is 3.27. The number of rotatable bonds is 4. The second kappa shape index (κ2) is 5.52. The first-order valence-corrected chi connectivity index (χ1v) is 5.94. The molecule has 0 saturated heterocycles. The maximum absolute atomic E-state index is 10.4. The van der Waals surface area contributed by atoms with E-state index in [1.807, 2.05) is 6.92 Å². The van der Waals surface area contributed by atoms with Crippen molar-refractivity contribution in [1.82, 2.24) is 9.97 Å². The van der Waals surface area contributed by atoms with E-state index >= 15 is 0 Å². The highest BCUT2D eigenvalue weighted by Gasteiger charge is 2.31. The van der Waals surface area contributed by atoms with E-state index in [1.54, 1.807) is 0 Å². The average Bonchev–Trinajstić information content (AvgIpc) is 2.35. The van der Waals surface area contributed by atoms with Crippen LogP contribution in [0.15, 0.2) is 6.20 Å². The summed E-state index contributed by atoms with van der Waals surface area (Å²) in [5.74, 6) is 0.693. The molecule has 0 aliphatic heterocycles. The number of hydrogen-bond acceptors (Lipinski definition) is 5. The Bertz CT molecular complexity index is 402. The Morgan fingerprint density at radius 3 is 2.28 bits per heavy atom. The minimum atomic E-state index is -0.724. The number of nitrogens with zero attached hydrogens (tertiary/aromatic N) is 2. The topological polar surface area (TPSA) is 64.5 Å². The summed E-state index contributed by atoms with van der Waals surface area (Å²) in [5, 5.41) is 10.4. The van der Waals surface area contributed by atoms with Crippen molar-refractivity contribution in [2.24, 2.45) is 11.3 Å². The van der Waals surface area contributed by atoms with Gasteiger partial charge in [0.25, 0.3) is 0 Å². The van der Waals surface area contributed by atoms with Crippen molar-refractivity contribution in [2.45, 2.75) is 33.8 Å². The minimum Gasteiger partial charge on any atom is -0.480 e. The summed E-state index contributed by atoms with van der Waals surface area (Å²) in [6.45, 7) is 8.20. The number of ether oxygens (including phenoxy) is 2. The Kier molecular flexibility index (Phi) is 4.51. The minimum absolute atomic E-state index is 0.0223. The van der Waals surface area contributed by atoms with Gasteiger partial charge in [0.1, 0.15) is 11.8 Å². The van der Waals surface area contributed by atoms with E-state index in [0.717, 1.165) is 0 Å². The molecule has 5 heteroatoms. The van der Waals surface area contributed by atoms with E-state index in [1.165, 1.54) is 20.4 Å². The highest BCUT2D eigenvalue weighted by molar-refractivity contribution is 5.25. The number of aliphatic hydroxyl groups excluding tert-OH is 1. The van der Waals surface area contributed by atoms with E-state index in [-0.39, 0.29) is 11.3 Å². The normalized spacial score (nSPS) is 15.1. The van der Waals surface area contributed by atoms with Crippen LogP contribution in [-0.2, 0) is 0 Å². The third kappa shape index (κ3) is 3.10. The van der Waals surface area contributed by atoms with Crippen LogP contribution in [0, 0.1) is 11.3 Å². The molecule has 2 atom stereocenters. The molecule has 18 heavy (non-hydrogen) atoms. The van der Waals surface area contributed by atoms with Crippen molar-refractivity contribution < 1.29 is 14.6 Å². The Labute approximate surface area is 108 Å². The fraction of sp³-hybridized carbons (Fsp3) is 0.692. The molecular weight excluding hydrogens is 232 g/mol. The van der Waals surface area contributed by atoms with Gasteiger partial charge in [-0.2, -0.15) is 4.98 Å². The second-order valence-electron chi connectivity index (χ2n) is 5.41. The summed E-state index contributed by atoms with van der Waals surface area (Å²) in [7, 11) is 3.01. The molecule has 0 bridgehead atoms. The highest BCUT2D eigenvalue weighted by atomic mass is 16.5. The summed E-state index contributed by atoms with van der Waals surface area (Å²) < 4.78 is 10.1. The van der Waals surface area contributed by atoms with E-state index in [9.17, 15) is 5.11 Å². The van der Waals surface area contributed by atoms with E-state index in [0.29, 0.717) is 17.5 Å². The van der Waals surface area contributed by atoms with Gasteiger partial charge in [-0.1, -0.05) is 27.7 Å². The largest absolute Gasteiger partial charge is 0.480 e. The van der Waals surface area contributed by atoms with Gasteiger partial charge in [0, 0.05) is 0 Å². The van der Waals surface area contributed by atoms with Crippen molar-refractivity contribution in [1.29, 1.82) is 0 Å². The molecule has 1 heterocycles. The summed E-state index contributed by atoms with van der Waals surface area (Å²) in [5.41, 5.74) is 0.409. The number of hydrogen-bond donors (Lipinski definition) is 1. The first-order valence-electron chi connectivity index (χ1n) is 5.94. The lowest BCUT2D eigenvalue weighted by Crippen LogP contribution is -2.25. The van der Waals surface area contributed by atoms with Crippen LogP contribution in [0.4, 0.5) is 0 Å². The van der Waals surface area contributed by atoms with Crippen molar-refractivity contribution in [3.8, 4) is 11.8 Å². The van der Waals surface area contributed by atoms with Crippen LogP contribution in [0.2, 0.25) is 0 Å². The maximum atomic E-state index is 10.4. The molecule has 0 aromatic carbocycles. The molecule has 5 nitrogen and oxygen atoms in total.